The molecule has 0 bridgehead atoms. The number of nitrogens with zero attached hydrogens (tertiary/aromatic N) is 1. The standard InChI is InChI=1S/C21H23N3O2/c1-14-6-8-16(9-7-14)20(26)24-12-10-21(11-13-24)22-18-15(2)4-3-5-17(18)19(25)23-21/h3-9,22H,10-13H2,1-2H3,(H,23,25). The van der Waals surface area contributed by atoms with E-state index >= 15 is 0 Å². The Morgan fingerprint density at radius 3 is 2.38 bits per heavy atom. The number of carbonyl (C=O) groups is 2. The van der Waals surface area contributed by atoms with Gasteiger partial charge in [0, 0.05) is 31.5 Å². The Morgan fingerprint density at radius 2 is 1.69 bits per heavy atom. The highest BCUT2D eigenvalue weighted by molar-refractivity contribution is 6.03. The van der Waals surface area contributed by atoms with Gasteiger partial charge in [-0.25, -0.2) is 0 Å². The number of rotatable bonds is 1. The average Bonchev–Trinajstić information content (AvgIpc) is 2.64. The van der Waals surface area contributed by atoms with E-state index < -0.39 is 5.66 Å². The van der Waals surface area contributed by atoms with Gasteiger partial charge in [-0.3, -0.25) is 9.59 Å². The SMILES string of the molecule is Cc1ccc(C(=O)N2CCC3(CC2)NC(=O)c2cccc(C)c2N3)cc1. The normalized spacial score (nSPS) is 18.1. The van der Waals surface area contributed by atoms with Crippen LogP contribution < -0.4 is 10.6 Å². The van der Waals surface area contributed by atoms with Crippen molar-refractivity contribution in [3.63, 3.8) is 0 Å². The van der Waals surface area contributed by atoms with Gasteiger partial charge < -0.3 is 15.5 Å². The molecule has 5 heteroatoms. The number of fused-ring (bicyclic) bond motifs is 1. The van der Waals surface area contributed by atoms with Crippen molar-refractivity contribution in [3.05, 3.63) is 64.7 Å². The number of hydrogen-bond donors (Lipinski definition) is 2. The number of nitrogens with one attached hydrogen (secondary N) is 2. The fraction of sp³-hybridized carbons (Fsp3) is 0.333. The van der Waals surface area contributed by atoms with Crippen molar-refractivity contribution in [1.82, 2.24) is 10.2 Å². The minimum Gasteiger partial charge on any atom is -0.362 e. The Morgan fingerprint density at radius 1 is 1.00 bits per heavy atom. The molecule has 0 atom stereocenters. The van der Waals surface area contributed by atoms with Gasteiger partial charge in [-0.2, -0.15) is 0 Å². The molecule has 0 aliphatic carbocycles. The van der Waals surface area contributed by atoms with E-state index in [1.54, 1.807) is 0 Å². The number of para-hydroxylation sites is 1. The Hall–Kier alpha value is -2.82. The molecule has 2 N–H and O–H groups in total. The van der Waals surface area contributed by atoms with Gasteiger partial charge in [0.2, 0.25) is 0 Å². The topological polar surface area (TPSA) is 61.4 Å². The van der Waals surface area contributed by atoms with Gasteiger partial charge in [0.05, 0.1) is 11.3 Å². The Balaban J connectivity index is 1.50. The van der Waals surface area contributed by atoms with Crippen molar-refractivity contribution in [2.24, 2.45) is 0 Å². The van der Waals surface area contributed by atoms with Gasteiger partial charge in [0.25, 0.3) is 11.8 Å². The summed E-state index contributed by atoms with van der Waals surface area (Å²) in [4.78, 5) is 27.1. The lowest BCUT2D eigenvalue weighted by molar-refractivity contribution is 0.0639. The minimum absolute atomic E-state index is 0.0410. The van der Waals surface area contributed by atoms with E-state index in [1.807, 2.05) is 61.2 Å². The van der Waals surface area contributed by atoms with Crippen LogP contribution in [0.2, 0.25) is 0 Å². The fourth-order valence-electron chi connectivity index (χ4n) is 3.80. The third kappa shape index (κ3) is 2.83. The molecule has 2 amide bonds. The molecule has 0 unspecified atom stereocenters. The molecule has 0 radical (unpaired) electrons. The Kier molecular flexibility index (Phi) is 3.94. The second-order valence-corrected chi connectivity index (χ2v) is 7.32. The lowest BCUT2D eigenvalue weighted by Crippen LogP contribution is -2.62. The Labute approximate surface area is 153 Å². The maximum absolute atomic E-state index is 12.7. The van der Waals surface area contributed by atoms with Crippen molar-refractivity contribution < 1.29 is 9.59 Å². The number of aryl methyl sites for hydroxylation is 2. The lowest BCUT2D eigenvalue weighted by Gasteiger charge is -2.46. The molecule has 2 heterocycles. The lowest BCUT2D eigenvalue weighted by atomic mass is 9.91. The summed E-state index contributed by atoms with van der Waals surface area (Å²) in [6.45, 7) is 5.24. The van der Waals surface area contributed by atoms with Crippen LogP contribution in [0.4, 0.5) is 5.69 Å². The number of likely N-dealkylation sites (tertiary alicyclic amines) is 1. The average molecular weight is 349 g/mol. The number of carbonyl (C=O) groups excluding carboxylic acids is 2. The first-order valence-corrected chi connectivity index (χ1v) is 9.04. The molecule has 2 aromatic rings. The summed E-state index contributed by atoms with van der Waals surface area (Å²) in [5.74, 6) is 0.0133. The molecule has 1 fully saturated rings. The largest absolute Gasteiger partial charge is 0.362 e. The van der Waals surface area contributed by atoms with E-state index in [4.69, 9.17) is 0 Å². The summed E-state index contributed by atoms with van der Waals surface area (Å²) in [5.41, 5.74) is 4.05. The molecule has 5 nitrogen and oxygen atoms in total. The number of piperidine rings is 1. The van der Waals surface area contributed by atoms with Crippen LogP contribution in [0.3, 0.4) is 0 Å². The van der Waals surface area contributed by atoms with Crippen LogP contribution in [0.25, 0.3) is 0 Å². The smallest absolute Gasteiger partial charge is 0.255 e. The first-order chi connectivity index (χ1) is 12.5. The molecule has 0 saturated carbocycles. The van der Waals surface area contributed by atoms with Gasteiger partial charge in [0.1, 0.15) is 5.66 Å². The quantitative estimate of drug-likeness (QED) is 0.832. The molecule has 2 aliphatic rings. The van der Waals surface area contributed by atoms with E-state index in [0.29, 0.717) is 37.1 Å². The predicted octanol–water partition coefficient (Wildman–Crippen LogP) is 3.09. The first-order valence-electron chi connectivity index (χ1n) is 9.04. The summed E-state index contributed by atoms with van der Waals surface area (Å²) in [6, 6.07) is 13.4. The zero-order valence-electron chi connectivity index (χ0n) is 15.1. The molecule has 4 rings (SSSR count). The zero-order valence-corrected chi connectivity index (χ0v) is 15.1. The molecule has 1 saturated heterocycles. The van der Waals surface area contributed by atoms with Crippen molar-refractivity contribution in [2.75, 3.05) is 18.4 Å². The number of hydrogen-bond acceptors (Lipinski definition) is 3. The molecular weight excluding hydrogens is 326 g/mol. The van der Waals surface area contributed by atoms with E-state index in [9.17, 15) is 9.59 Å². The van der Waals surface area contributed by atoms with Crippen LogP contribution in [0.1, 0.15) is 44.7 Å². The Bertz CT molecular complexity index is 865. The fourth-order valence-corrected chi connectivity index (χ4v) is 3.80. The molecular formula is C21H23N3O2. The highest BCUT2D eigenvalue weighted by atomic mass is 16.2. The number of benzene rings is 2. The minimum atomic E-state index is -0.472. The maximum atomic E-state index is 12.7. The van der Waals surface area contributed by atoms with Gasteiger partial charge in [-0.1, -0.05) is 29.8 Å². The third-order valence-corrected chi connectivity index (χ3v) is 5.44. The van der Waals surface area contributed by atoms with E-state index in [1.165, 1.54) is 0 Å². The zero-order chi connectivity index (χ0) is 18.3. The van der Waals surface area contributed by atoms with Gasteiger partial charge in [-0.15, -0.1) is 0 Å². The molecule has 0 aromatic heterocycles. The van der Waals surface area contributed by atoms with Crippen LogP contribution in [0.5, 0.6) is 0 Å². The van der Waals surface area contributed by atoms with E-state index in [-0.39, 0.29) is 11.8 Å². The highest BCUT2D eigenvalue weighted by Gasteiger charge is 2.41. The molecule has 134 valence electrons. The number of anilines is 1. The second-order valence-electron chi connectivity index (χ2n) is 7.32. The van der Waals surface area contributed by atoms with Crippen molar-refractivity contribution in [1.29, 1.82) is 0 Å². The highest BCUT2D eigenvalue weighted by Crippen LogP contribution is 2.33. The third-order valence-electron chi connectivity index (χ3n) is 5.44. The van der Waals surface area contributed by atoms with Crippen molar-refractivity contribution >= 4 is 17.5 Å². The van der Waals surface area contributed by atoms with Crippen LogP contribution in [-0.2, 0) is 0 Å². The maximum Gasteiger partial charge on any atom is 0.255 e. The van der Waals surface area contributed by atoms with Crippen molar-refractivity contribution in [2.45, 2.75) is 32.4 Å². The van der Waals surface area contributed by atoms with Gasteiger partial charge in [0.15, 0.2) is 0 Å². The van der Waals surface area contributed by atoms with Crippen LogP contribution in [-0.4, -0.2) is 35.5 Å². The second kappa shape index (κ2) is 6.16. The van der Waals surface area contributed by atoms with Gasteiger partial charge in [-0.05, 0) is 37.6 Å². The molecule has 2 aromatic carbocycles. The summed E-state index contributed by atoms with van der Waals surface area (Å²) in [5, 5.41) is 6.68. The monoisotopic (exact) mass is 349 g/mol. The van der Waals surface area contributed by atoms with Crippen LogP contribution >= 0.6 is 0 Å². The van der Waals surface area contributed by atoms with Crippen molar-refractivity contribution in [3.8, 4) is 0 Å². The molecule has 1 spiro atoms. The van der Waals surface area contributed by atoms with Gasteiger partial charge >= 0.3 is 0 Å². The summed E-state index contributed by atoms with van der Waals surface area (Å²) < 4.78 is 0. The summed E-state index contributed by atoms with van der Waals surface area (Å²) in [6.07, 6.45) is 1.37. The first kappa shape index (κ1) is 16.6. The summed E-state index contributed by atoms with van der Waals surface area (Å²) in [7, 11) is 0. The number of amides is 2. The van der Waals surface area contributed by atoms with Crippen LogP contribution in [0, 0.1) is 13.8 Å². The van der Waals surface area contributed by atoms with Crippen LogP contribution in [0.15, 0.2) is 42.5 Å². The molecule has 2 aliphatic heterocycles. The van der Waals surface area contributed by atoms with E-state index in [0.717, 1.165) is 16.8 Å². The predicted molar refractivity (Wildman–Crippen MR) is 101 cm³/mol. The van der Waals surface area contributed by atoms with E-state index in [2.05, 4.69) is 10.6 Å². The summed E-state index contributed by atoms with van der Waals surface area (Å²) >= 11 is 0. The molecule has 26 heavy (non-hydrogen) atoms.